The third kappa shape index (κ3) is 2.31. The molecule has 0 radical (unpaired) electrons. The Balaban J connectivity index is 3.03. The van der Waals surface area contributed by atoms with Crippen molar-refractivity contribution in [3.05, 3.63) is 11.9 Å². The van der Waals surface area contributed by atoms with Crippen LogP contribution in [0.4, 0.5) is 0 Å². The summed E-state index contributed by atoms with van der Waals surface area (Å²) in [5.41, 5.74) is 0.786. The monoisotopic (exact) mass is 212 g/mol. The maximum Gasteiger partial charge on any atom is 0.162 e. The molecule has 15 heavy (non-hydrogen) atoms. The average Bonchev–Trinajstić information content (AvgIpc) is 2.69. The van der Waals surface area contributed by atoms with E-state index in [0.29, 0.717) is 5.75 Å². The van der Waals surface area contributed by atoms with Crippen LogP contribution in [-0.2, 0) is 6.54 Å². The van der Waals surface area contributed by atoms with Gasteiger partial charge in [-0.15, -0.1) is 0 Å². The summed E-state index contributed by atoms with van der Waals surface area (Å²) in [5.74, 6) is 0.880. The summed E-state index contributed by atoms with van der Waals surface area (Å²) in [7, 11) is 1.60. The molecule has 2 unspecified atom stereocenters. The van der Waals surface area contributed by atoms with Gasteiger partial charge in [-0.25, -0.2) is 0 Å². The van der Waals surface area contributed by atoms with Crippen molar-refractivity contribution in [2.75, 3.05) is 7.11 Å². The van der Waals surface area contributed by atoms with Gasteiger partial charge >= 0.3 is 0 Å². The van der Waals surface area contributed by atoms with Gasteiger partial charge in [0.25, 0.3) is 0 Å². The van der Waals surface area contributed by atoms with E-state index in [1.807, 2.05) is 13.8 Å². The molecule has 0 aromatic carbocycles. The lowest BCUT2D eigenvalue weighted by atomic mass is 9.99. The van der Waals surface area contributed by atoms with Crippen molar-refractivity contribution in [3.8, 4) is 5.75 Å². The molecule has 1 rings (SSSR count). The fraction of sp³-hybridized carbons (Fsp3) is 0.727. The van der Waals surface area contributed by atoms with Crippen LogP contribution in [0.5, 0.6) is 5.75 Å². The molecule has 0 aliphatic heterocycles. The van der Waals surface area contributed by atoms with E-state index < -0.39 is 6.10 Å². The number of ether oxygens (including phenoxy) is 1. The quantitative estimate of drug-likeness (QED) is 0.812. The number of aryl methyl sites for hydroxylation is 1. The molecule has 0 fully saturated rings. The fourth-order valence-corrected chi connectivity index (χ4v) is 1.58. The molecule has 0 aliphatic carbocycles. The summed E-state index contributed by atoms with van der Waals surface area (Å²) < 4.78 is 6.99. The lowest BCUT2D eigenvalue weighted by molar-refractivity contribution is 0.103. The van der Waals surface area contributed by atoms with E-state index in [0.717, 1.165) is 18.7 Å². The van der Waals surface area contributed by atoms with Crippen LogP contribution in [0, 0.1) is 5.92 Å². The highest BCUT2D eigenvalue weighted by molar-refractivity contribution is 5.27. The molecule has 1 aromatic rings. The standard InChI is InChI=1S/C11H20N2O2/c1-5-8(3)11(14)10-9(15-4)7-12-13(10)6-2/h7-8,11,14H,5-6H2,1-4H3. The lowest BCUT2D eigenvalue weighted by Crippen LogP contribution is -2.15. The number of hydrogen-bond donors (Lipinski definition) is 1. The first-order valence-electron chi connectivity index (χ1n) is 5.43. The van der Waals surface area contributed by atoms with Gasteiger partial charge in [-0.05, 0) is 12.8 Å². The smallest absolute Gasteiger partial charge is 0.162 e. The van der Waals surface area contributed by atoms with Crippen LogP contribution in [0.1, 0.15) is 39.0 Å². The Labute approximate surface area is 90.9 Å². The van der Waals surface area contributed by atoms with Gasteiger partial charge in [-0.3, -0.25) is 4.68 Å². The summed E-state index contributed by atoms with van der Waals surface area (Å²) >= 11 is 0. The van der Waals surface area contributed by atoms with Crippen LogP contribution in [-0.4, -0.2) is 22.0 Å². The van der Waals surface area contributed by atoms with Crippen molar-refractivity contribution in [2.45, 2.75) is 39.8 Å². The predicted molar refractivity (Wildman–Crippen MR) is 58.9 cm³/mol. The normalized spacial score (nSPS) is 15.0. The molecule has 1 aromatic heterocycles. The van der Waals surface area contributed by atoms with E-state index in [4.69, 9.17) is 4.74 Å². The van der Waals surface area contributed by atoms with Crippen molar-refractivity contribution < 1.29 is 9.84 Å². The van der Waals surface area contributed by atoms with Crippen molar-refractivity contribution >= 4 is 0 Å². The van der Waals surface area contributed by atoms with Crippen molar-refractivity contribution in [1.82, 2.24) is 9.78 Å². The Morgan fingerprint density at radius 1 is 1.53 bits per heavy atom. The number of aliphatic hydroxyl groups excluding tert-OH is 1. The average molecular weight is 212 g/mol. The second-order valence-electron chi connectivity index (χ2n) is 3.74. The number of hydrogen-bond acceptors (Lipinski definition) is 3. The summed E-state index contributed by atoms with van der Waals surface area (Å²) in [6.45, 7) is 6.83. The summed E-state index contributed by atoms with van der Waals surface area (Å²) in [6, 6.07) is 0. The minimum absolute atomic E-state index is 0.209. The van der Waals surface area contributed by atoms with Crippen molar-refractivity contribution in [2.24, 2.45) is 5.92 Å². The zero-order valence-corrected chi connectivity index (χ0v) is 9.90. The zero-order valence-electron chi connectivity index (χ0n) is 9.90. The Hall–Kier alpha value is -1.03. The van der Waals surface area contributed by atoms with Crippen LogP contribution in [0.2, 0.25) is 0 Å². The Bertz CT molecular complexity index is 288. The highest BCUT2D eigenvalue weighted by atomic mass is 16.5. The van der Waals surface area contributed by atoms with E-state index in [-0.39, 0.29) is 5.92 Å². The van der Waals surface area contributed by atoms with Crippen molar-refractivity contribution in [3.63, 3.8) is 0 Å². The van der Waals surface area contributed by atoms with Crippen LogP contribution < -0.4 is 4.74 Å². The first-order chi connectivity index (χ1) is 7.15. The van der Waals surface area contributed by atoms with Gasteiger partial charge in [0.15, 0.2) is 5.75 Å². The Morgan fingerprint density at radius 3 is 2.67 bits per heavy atom. The number of methoxy groups -OCH3 is 1. The van der Waals surface area contributed by atoms with E-state index in [9.17, 15) is 5.11 Å². The number of aromatic nitrogens is 2. The molecule has 1 N–H and O–H groups in total. The first-order valence-corrected chi connectivity index (χ1v) is 5.43. The topological polar surface area (TPSA) is 47.3 Å². The van der Waals surface area contributed by atoms with E-state index in [2.05, 4.69) is 12.0 Å². The van der Waals surface area contributed by atoms with E-state index in [1.54, 1.807) is 18.0 Å². The molecule has 0 saturated carbocycles. The molecular weight excluding hydrogens is 192 g/mol. The molecule has 86 valence electrons. The molecule has 0 saturated heterocycles. The van der Waals surface area contributed by atoms with E-state index >= 15 is 0 Å². The van der Waals surface area contributed by atoms with Crippen LogP contribution in [0.3, 0.4) is 0 Å². The lowest BCUT2D eigenvalue weighted by Gasteiger charge is -2.19. The molecule has 4 heteroatoms. The fourth-order valence-electron chi connectivity index (χ4n) is 1.58. The van der Waals surface area contributed by atoms with Crippen molar-refractivity contribution in [1.29, 1.82) is 0 Å². The van der Waals surface area contributed by atoms with E-state index in [1.165, 1.54) is 0 Å². The summed E-state index contributed by atoms with van der Waals surface area (Å²) in [5, 5.41) is 14.3. The number of nitrogens with zero attached hydrogens (tertiary/aromatic N) is 2. The van der Waals surface area contributed by atoms with Gasteiger partial charge in [0, 0.05) is 6.54 Å². The molecule has 0 spiro atoms. The van der Waals surface area contributed by atoms with Gasteiger partial charge in [-0.2, -0.15) is 5.10 Å². The van der Waals surface area contributed by atoms with Crippen LogP contribution in [0.25, 0.3) is 0 Å². The highest BCUT2D eigenvalue weighted by Gasteiger charge is 2.23. The SMILES string of the molecule is CCC(C)C(O)c1c(OC)cnn1CC. The van der Waals surface area contributed by atoms with Gasteiger partial charge < -0.3 is 9.84 Å². The van der Waals surface area contributed by atoms with Gasteiger partial charge in [-0.1, -0.05) is 20.3 Å². The highest BCUT2D eigenvalue weighted by Crippen LogP contribution is 2.31. The van der Waals surface area contributed by atoms with Gasteiger partial charge in [0.05, 0.1) is 13.3 Å². The maximum atomic E-state index is 10.2. The predicted octanol–water partition coefficient (Wildman–Crippen LogP) is 1.99. The molecule has 0 aliphatic rings. The molecule has 0 bridgehead atoms. The largest absolute Gasteiger partial charge is 0.493 e. The molecule has 2 atom stereocenters. The van der Waals surface area contributed by atoms with Gasteiger partial charge in [0.2, 0.25) is 0 Å². The third-order valence-corrected chi connectivity index (χ3v) is 2.83. The summed E-state index contributed by atoms with van der Waals surface area (Å²) in [6.07, 6.45) is 2.08. The minimum atomic E-state index is -0.507. The minimum Gasteiger partial charge on any atom is -0.493 e. The van der Waals surface area contributed by atoms with Crippen LogP contribution >= 0.6 is 0 Å². The first kappa shape index (κ1) is 12.0. The van der Waals surface area contributed by atoms with Gasteiger partial charge in [0.1, 0.15) is 11.8 Å². The number of rotatable bonds is 5. The second-order valence-corrected chi connectivity index (χ2v) is 3.74. The maximum absolute atomic E-state index is 10.2. The summed E-state index contributed by atoms with van der Waals surface area (Å²) in [4.78, 5) is 0. The Morgan fingerprint density at radius 2 is 2.20 bits per heavy atom. The molecule has 4 nitrogen and oxygen atoms in total. The molecular formula is C11H20N2O2. The molecule has 0 amide bonds. The number of aliphatic hydroxyl groups is 1. The second kappa shape index (κ2) is 5.16. The Kier molecular flexibility index (Phi) is 4.15. The van der Waals surface area contributed by atoms with Crippen LogP contribution in [0.15, 0.2) is 6.20 Å². The molecule has 1 heterocycles. The zero-order chi connectivity index (χ0) is 11.4. The third-order valence-electron chi connectivity index (χ3n) is 2.83.